The maximum Gasteiger partial charge on any atom is 0.325 e. The van der Waals surface area contributed by atoms with E-state index in [-0.39, 0.29) is 5.97 Å². The van der Waals surface area contributed by atoms with E-state index in [0.29, 0.717) is 19.1 Å². The lowest BCUT2D eigenvalue weighted by Crippen LogP contribution is -2.46. The summed E-state index contributed by atoms with van der Waals surface area (Å²) in [6, 6.07) is 0.363. The average Bonchev–Trinajstić information content (AvgIpc) is 2.27. The van der Waals surface area contributed by atoms with Crippen LogP contribution in [0.4, 0.5) is 0 Å². The zero-order valence-electron chi connectivity index (χ0n) is 11.7. The lowest BCUT2D eigenvalue weighted by Gasteiger charge is -2.26. The van der Waals surface area contributed by atoms with Gasteiger partial charge in [0.2, 0.25) is 0 Å². The van der Waals surface area contributed by atoms with E-state index < -0.39 is 5.54 Å². The molecule has 0 heterocycles. The van der Waals surface area contributed by atoms with Crippen LogP contribution in [0.25, 0.3) is 0 Å². The van der Waals surface area contributed by atoms with Crippen LogP contribution in [-0.4, -0.2) is 56.9 Å². The van der Waals surface area contributed by atoms with Gasteiger partial charge in [-0.25, -0.2) is 0 Å². The van der Waals surface area contributed by atoms with Crippen molar-refractivity contribution in [3.8, 4) is 0 Å². The maximum atomic E-state index is 11.4. The van der Waals surface area contributed by atoms with Crippen LogP contribution >= 0.6 is 0 Å². The van der Waals surface area contributed by atoms with Gasteiger partial charge >= 0.3 is 5.97 Å². The molecule has 2 N–H and O–H groups in total. The third-order valence-corrected chi connectivity index (χ3v) is 3.02. The van der Waals surface area contributed by atoms with Crippen LogP contribution in [0.3, 0.4) is 0 Å². The van der Waals surface area contributed by atoms with Gasteiger partial charge in [-0.1, -0.05) is 0 Å². The molecule has 0 radical (unpaired) electrons. The molecule has 0 fully saturated rings. The number of nitrogens with two attached hydrogens (primary N) is 1. The Labute approximate surface area is 104 Å². The summed E-state index contributed by atoms with van der Waals surface area (Å²) in [5.74, 6) is -0.356. The van der Waals surface area contributed by atoms with Crippen molar-refractivity contribution in [2.24, 2.45) is 5.73 Å². The van der Waals surface area contributed by atoms with Crippen molar-refractivity contribution in [1.29, 1.82) is 0 Å². The van der Waals surface area contributed by atoms with Crippen molar-refractivity contribution >= 4 is 5.97 Å². The van der Waals surface area contributed by atoms with Gasteiger partial charge in [-0.15, -0.1) is 0 Å². The first-order chi connectivity index (χ1) is 7.85. The number of hydrogen-bond acceptors (Lipinski definition) is 5. The molecule has 0 aromatic carbocycles. The number of rotatable bonds is 8. The third-order valence-electron chi connectivity index (χ3n) is 3.02. The van der Waals surface area contributed by atoms with Crippen molar-refractivity contribution < 1.29 is 14.3 Å². The van der Waals surface area contributed by atoms with Crippen LogP contribution in [0, 0.1) is 0 Å². The summed E-state index contributed by atoms with van der Waals surface area (Å²) in [6.45, 7) is 5.39. The number of nitrogens with zero attached hydrogens (tertiary/aromatic N) is 1. The van der Waals surface area contributed by atoms with E-state index in [2.05, 4.69) is 16.6 Å². The first-order valence-corrected chi connectivity index (χ1v) is 5.91. The third kappa shape index (κ3) is 6.00. The molecule has 0 spiro atoms. The molecule has 0 saturated heterocycles. The second-order valence-corrected chi connectivity index (χ2v) is 4.80. The number of esters is 1. The largest absolute Gasteiger partial charge is 0.468 e. The number of carbonyl (C=O) groups excluding carboxylic acids is 1. The molecular formula is C12H26N2O3. The Kier molecular flexibility index (Phi) is 7.34. The highest BCUT2D eigenvalue weighted by Gasteiger charge is 2.28. The number of likely N-dealkylation sites (N-methyl/N-ethyl adjacent to an activating group) is 1. The Balaban J connectivity index is 3.94. The minimum absolute atomic E-state index is 0.356. The zero-order chi connectivity index (χ0) is 13.5. The Bertz CT molecular complexity index is 232. The van der Waals surface area contributed by atoms with Crippen molar-refractivity contribution in [3.05, 3.63) is 0 Å². The highest BCUT2D eigenvalue weighted by molar-refractivity contribution is 5.79. The fraction of sp³-hybridized carbons (Fsp3) is 0.917. The van der Waals surface area contributed by atoms with E-state index in [9.17, 15) is 4.79 Å². The molecule has 2 unspecified atom stereocenters. The summed E-state index contributed by atoms with van der Waals surface area (Å²) in [7, 11) is 5.09. The van der Waals surface area contributed by atoms with Crippen LogP contribution < -0.4 is 5.73 Å². The fourth-order valence-electron chi connectivity index (χ4n) is 1.62. The van der Waals surface area contributed by atoms with Crippen molar-refractivity contribution in [2.45, 2.75) is 38.3 Å². The van der Waals surface area contributed by atoms with Gasteiger partial charge in [0, 0.05) is 13.2 Å². The van der Waals surface area contributed by atoms with Gasteiger partial charge in [0.05, 0.1) is 13.7 Å². The van der Waals surface area contributed by atoms with E-state index in [0.717, 1.165) is 13.0 Å². The molecule has 0 aromatic heterocycles. The van der Waals surface area contributed by atoms with E-state index in [1.54, 1.807) is 14.0 Å². The fourth-order valence-corrected chi connectivity index (χ4v) is 1.62. The molecular weight excluding hydrogens is 220 g/mol. The molecule has 0 aromatic rings. The molecule has 17 heavy (non-hydrogen) atoms. The van der Waals surface area contributed by atoms with Crippen molar-refractivity contribution in [3.63, 3.8) is 0 Å². The number of ether oxygens (including phenoxy) is 2. The molecule has 0 saturated carbocycles. The number of methoxy groups -OCH3 is 2. The Morgan fingerprint density at radius 3 is 2.53 bits per heavy atom. The summed E-state index contributed by atoms with van der Waals surface area (Å²) in [6.07, 6.45) is 1.47. The molecule has 0 bridgehead atoms. The van der Waals surface area contributed by atoms with Crippen LogP contribution in [0.1, 0.15) is 26.7 Å². The van der Waals surface area contributed by atoms with Gasteiger partial charge in [-0.2, -0.15) is 0 Å². The quantitative estimate of drug-likeness (QED) is 0.636. The topological polar surface area (TPSA) is 64.8 Å². The standard InChI is InChI=1S/C12H26N2O3/c1-10(9-16-4)14(3)8-6-7-12(2,13)11(15)17-5/h10H,6-9,13H2,1-5H3. The van der Waals surface area contributed by atoms with E-state index in [1.165, 1.54) is 7.11 Å². The molecule has 5 heteroatoms. The highest BCUT2D eigenvalue weighted by Crippen LogP contribution is 2.11. The van der Waals surface area contributed by atoms with E-state index in [4.69, 9.17) is 10.5 Å². The Morgan fingerprint density at radius 1 is 1.47 bits per heavy atom. The smallest absolute Gasteiger partial charge is 0.325 e. The summed E-state index contributed by atoms with van der Waals surface area (Å²) in [5, 5.41) is 0. The van der Waals surface area contributed by atoms with Crippen molar-refractivity contribution in [1.82, 2.24) is 4.90 Å². The van der Waals surface area contributed by atoms with Gasteiger partial charge in [0.1, 0.15) is 5.54 Å². The van der Waals surface area contributed by atoms with Gasteiger partial charge < -0.3 is 20.1 Å². The van der Waals surface area contributed by atoms with Gasteiger partial charge in [0.15, 0.2) is 0 Å². The first kappa shape index (κ1) is 16.4. The molecule has 0 rings (SSSR count). The van der Waals surface area contributed by atoms with E-state index in [1.807, 2.05) is 7.05 Å². The SMILES string of the molecule is COCC(C)N(C)CCCC(C)(N)C(=O)OC. The normalized spacial score (nSPS) is 16.6. The molecule has 0 aliphatic heterocycles. The van der Waals surface area contributed by atoms with Crippen molar-refractivity contribution in [2.75, 3.05) is 34.4 Å². The predicted octanol–water partition coefficient (Wildman–Crippen LogP) is 0.624. The minimum Gasteiger partial charge on any atom is -0.468 e. The molecule has 0 aliphatic carbocycles. The lowest BCUT2D eigenvalue weighted by atomic mass is 9.97. The number of carbonyl (C=O) groups is 1. The molecule has 2 atom stereocenters. The molecule has 0 aliphatic rings. The summed E-state index contributed by atoms with van der Waals surface area (Å²) in [4.78, 5) is 13.6. The van der Waals surface area contributed by atoms with Crippen LogP contribution in [0.15, 0.2) is 0 Å². The number of hydrogen-bond donors (Lipinski definition) is 1. The highest BCUT2D eigenvalue weighted by atomic mass is 16.5. The van der Waals surface area contributed by atoms with E-state index >= 15 is 0 Å². The molecule has 5 nitrogen and oxygen atoms in total. The zero-order valence-corrected chi connectivity index (χ0v) is 11.7. The molecule has 0 amide bonds. The van der Waals surface area contributed by atoms with Gasteiger partial charge in [-0.3, -0.25) is 4.79 Å². The Hall–Kier alpha value is -0.650. The maximum absolute atomic E-state index is 11.4. The lowest BCUT2D eigenvalue weighted by molar-refractivity contribution is -0.146. The average molecular weight is 246 g/mol. The second kappa shape index (κ2) is 7.63. The first-order valence-electron chi connectivity index (χ1n) is 5.91. The summed E-state index contributed by atoms with van der Waals surface area (Å²) < 4.78 is 9.75. The minimum atomic E-state index is -0.889. The summed E-state index contributed by atoms with van der Waals surface area (Å²) >= 11 is 0. The van der Waals surface area contributed by atoms with Crippen LogP contribution in [-0.2, 0) is 14.3 Å². The van der Waals surface area contributed by atoms with Gasteiger partial charge in [0.25, 0.3) is 0 Å². The van der Waals surface area contributed by atoms with Crippen LogP contribution in [0.2, 0.25) is 0 Å². The van der Waals surface area contributed by atoms with Crippen LogP contribution in [0.5, 0.6) is 0 Å². The monoisotopic (exact) mass is 246 g/mol. The molecule has 102 valence electrons. The Morgan fingerprint density at radius 2 is 2.06 bits per heavy atom. The second-order valence-electron chi connectivity index (χ2n) is 4.80. The summed E-state index contributed by atoms with van der Waals surface area (Å²) in [5.41, 5.74) is 4.99. The van der Waals surface area contributed by atoms with Gasteiger partial charge in [-0.05, 0) is 40.3 Å². The predicted molar refractivity (Wildman–Crippen MR) is 67.8 cm³/mol.